The van der Waals surface area contributed by atoms with Gasteiger partial charge in [-0.3, -0.25) is 9.78 Å². The number of carbonyl (C=O) groups is 1. The van der Waals surface area contributed by atoms with E-state index in [0.29, 0.717) is 29.7 Å². The molecular formula is C25H26FN5O. The first-order chi connectivity index (χ1) is 15.3. The number of nitrogens with one attached hydrogen (secondary N) is 2. The largest absolute Gasteiger partial charge is 0.362 e. The third kappa shape index (κ3) is 2.91. The van der Waals surface area contributed by atoms with Gasteiger partial charge in [0, 0.05) is 35.0 Å². The quantitative estimate of drug-likeness (QED) is 0.741. The molecule has 2 N–H and O–H groups in total. The van der Waals surface area contributed by atoms with Gasteiger partial charge in [0.25, 0.3) is 5.91 Å². The topological polar surface area (TPSA) is 78.7 Å². The second-order valence-electron chi connectivity index (χ2n) is 9.33. The number of fused-ring (bicyclic) bond motifs is 1. The van der Waals surface area contributed by atoms with Crippen molar-refractivity contribution in [2.45, 2.75) is 57.7 Å². The zero-order valence-corrected chi connectivity index (χ0v) is 18.7. The first kappa shape index (κ1) is 20.5. The maximum atomic E-state index is 14.9. The summed E-state index contributed by atoms with van der Waals surface area (Å²) in [5.41, 5.74) is 4.01. The molecule has 0 bridgehead atoms. The van der Waals surface area contributed by atoms with Crippen LogP contribution in [0.1, 0.15) is 44.9 Å². The number of benzene rings is 1. The standard InChI is InChI=1S/C25H26FN5O/c1-5-25(16-8-6-7-15(11-16)17-9-10-27-14(2)21(17)26)18-13-28-31-22(18)29-19-12-24(3,4)30-23(32)20(19)25/h6-11,13,22,29H,5,12H2,1-4H3,(H,30,32)/t22?,25-/m0/s1. The Morgan fingerprint density at radius 3 is 2.84 bits per heavy atom. The molecule has 0 fully saturated rings. The number of halogens is 1. The summed E-state index contributed by atoms with van der Waals surface area (Å²) >= 11 is 0. The molecule has 1 aromatic heterocycles. The minimum atomic E-state index is -0.704. The van der Waals surface area contributed by atoms with Crippen molar-refractivity contribution >= 4 is 5.91 Å². The van der Waals surface area contributed by atoms with E-state index in [1.165, 1.54) is 0 Å². The fourth-order valence-corrected chi connectivity index (χ4v) is 5.33. The molecule has 2 aromatic rings. The highest BCUT2D eigenvalue weighted by molar-refractivity contribution is 6.00. The highest BCUT2D eigenvalue weighted by atomic mass is 19.1. The average Bonchev–Trinajstić information content (AvgIpc) is 3.22. The van der Waals surface area contributed by atoms with Crippen LogP contribution in [0.2, 0.25) is 0 Å². The molecule has 0 saturated carbocycles. The van der Waals surface area contributed by atoms with Crippen molar-refractivity contribution in [2.75, 3.05) is 0 Å². The van der Waals surface area contributed by atoms with Crippen molar-refractivity contribution < 1.29 is 9.18 Å². The second kappa shape index (κ2) is 7.08. The third-order valence-electron chi connectivity index (χ3n) is 6.76. The molecule has 3 aliphatic heterocycles. The van der Waals surface area contributed by atoms with Gasteiger partial charge in [-0.2, -0.15) is 10.2 Å². The van der Waals surface area contributed by atoms with Gasteiger partial charge in [0.2, 0.25) is 0 Å². The molecule has 0 spiro atoms. The van der Waals surface area contributed by atoms with Gasteiger partial charge in [0.05, 0.1) is 22.9 Å². The Labute approximate surface area is 186 Å². The van der Waals surface area contributed by atoms with Crippen LogP contribution in [0.4, 0.5) is 4.39 Å². The van der Waals surface area contributed by atoms with Gasteiger partial charge >= 0.3 is 0 Å². The predicted molar refractivity (Wildman–Crippen MR) is 120 cm³/mol. The monoisotopic (exact) mass is 431 g/mol. The van der Waals surface area contributed by atoms with E-state index in [0.717, 1.165) is 22.4 Å². The number of rotatable bonds is 3. The minimum absolute atomic E-state index is 0.0896. The molecule has 1 amide bonds. The first-order valence-corrected chi connectivity index (χ1v) is 10.9. The van der Waals surface area contributed by atoms with E-state index in [4.69, 9.17) is 0 Å². The summed E-state index contributed by atoms with van der Waals surface area (Å²) in [6.45, 7) is 7.76. The van der Waals surface area contributed by atoms with E-state index in [9.17, 15) is 9.18 Å². The molecule has 4 heterocycles. The second-order valence-corrected chi connectivity index (χ2v) is 9.33. The van der Waals surface area contributed by atoms with Crippen LogP contribution >= 0.6 is 0 Å². The zero-order valence-electron chi connectivity index (χ0n) is 18.7. The van der Waals surface area contributed by atoms with Crippen LogP contribution < -0.4 is 10.6 Å². The average molecular weight is 432 g/mol. The fraction of sp³-hybridized carbons (Fsp3) is 0.360. The zero-order chi connectivity index (χ0) is 22.7. The van der Waals surface area contributed by atoms with E-state index in [1.807, 2.05) is 38.1 Å². The summed E-state index contributed by atoms with van der Waals surface area (Å²) in [4.78, 5) is 17.5. The molecule has 1 aromatic carbocycles. The fourth-order valence-electron chi connectivity index (χ4n) is 5.33. The van der Waals surface area contributed by atoms with Crippen molar-refractivity contribution in [1.29, 1.82) is 0 Å². The smallest absolute Gasteiger partial charge is 0.250 e. The molecule has 0 aliphatic carbocycles. The van der Waals surface area contributed by atoms with Gasteiger partial charge in [-0.15, -0.1) is 0 Å². The molecule has 5 rings (SSSR count). The van der Waals surface area contributed by atoms with E-state index in [-0.39, 0.29) is 23.4 Å². The van der Waals surface area contributed by atoms with E-state index >= 15 is 0 Å². The van der Waals surface area contributed by atoms with Crippen molar-refractivity contribution in [3.63, 3.8) is 0 Å². The van der Waals surface area contributed by atoms with Gasteiger partial charge in [-0.25, -0.2) is 4.39 Å². The Morgan fingerprint density at radius 2 is 2.06 bits per heavy atom. The van der Waals surface area contributed by atoms with Crippen LogP contribution in [-0.4, -0.2) is 22.6 Å². The van der Waals surface area contributed by atoms with E-state index < -0.39 is 5.41 Å². The maximum absolute atomic E-state index is 14.9. The van der Waals surface area contributed by atoms with Crippen LogP contribution in [0.3, 0.4) is 0 Å². The number of carbonyl (C=O) groups excluding carboxylic acids is 1. The molecule has 1 unspecified atom stereocenters. The number of aromatic nitrogens is 1. The van der Waals surface area contributed by atoms with Crippen molar-refractivity contribution in [1.82, 2.24) is 15.6 Å². The van der Waals surface area contributed by atoms with Gasteiger partial charge in [0.15, 0.2) is 12.0 Å². The maximum Gasteiger partial charge on any atom is 0.250 e. The molecule has 6 nitrogen and oxygen atoms in total. The molecule has 7 heteroatoms. The Hall–Kier alpha value is -3.35. The summed E-state index contributed by atoms with van der Waals surface area (Å²) in [6.07, 6.45) is 4.40. The Bertz CT molecular complexity index is 1230. The van der Waals surface area contributed by atoms with Crippen LogP contribution in [0.25, 0.3) is 11.1 Å². The van der Waals surface area contributed by atoms with E-state index in [1.54, 1.807) is 25.4 Å². The number of pyridine rings is 1. The van der Waals surface area contributed by atoms with Crippen LogP contribution in [0.5, 0.6) is 0 Å². The molecular weight excluding hydrogens is 405 g/mol. The molecule has 0 saturated heterocycles. The van der Waals surface area contributed by atoms with Gasteiger partial charge in [-0.05, 0) is 50.5 Å². The van der Waals surface area contributed by atoms with Crippen LogP contribution in [0.15, 0.2) is 69.8 Å². The Kier molecular flexibility index (Phi) is 4.55. The summed E-state index contributed by atoms with van der Waals surface area (Å²) in [5.74, 6) is -0.422. The lowest BCUT2D eigenvalue weighted by atomic mass is 9.62. The summed E-state index contributed by atoms with van der Waals surface area (Å²) < 4.78 is 14.9. The van der Waals surface area contributed by atoms with E-state index in [2.05, 4.69) is 32.8 Å². The lowest BCUT2D eigenvalue weighted by Crippen LogP contribution is -2.58. The Morgan fingerprint density at radius 1 is 1.25 bits per heavy atom. The number of hydrogen-bond acceptors (Lipinski definition) is 5. The number of hydrogen-bond donors (Lipinski definition) is 2. The highest BCUT2D eigenvalue weighted by Crippen LogP contribution is 2.51. The van der Waals surface area contributed by atoms with Crippen molar-refractivity contribution in [3.8, 4) is 11.1 Å². The summed E-state index contributed by atoms with van der Waals surface area (Å²) in [5, 5.41) is 15.2. The number of amides is 1. The van der Waals surface area contributed by atoms with Crippen LogP contribution in [0, 0.1) is 12.7 Å². The molecule has 32 heavy (non-hydrogen) atoms. The summed E-state index contributed by atoms with van der Waals surface area (Å²) in [6, 6.07) is 9.49. The normalized spacial score (nSPS) is 25.6. The van der Waals surface area contributed by atoms with Crippen molar-refractivity contribution in [2.24, 2.45) is 10.2 Å². The SMILES string of the molecule is CC[C@]1(c2cccc(-c3ccnc(C)c3F)c2)C2=CN=NC2NC2=C1C(=O)NC(C)(C)C2. The van der Waals surface area contributed by atoms with Gasteiger partial charge < -0.3 is 10.6 Å². The first-order valence-electron chi connectivity index (χ1n) is 10.9. The minimum Gasteiger partial charge on any atom is -0.362 e. The lowest BCUT2D eigenvalue weighted by Gasteiger charge is -2.48. The third-order valence-corrected chi connectivity index (χ3v) is 6.76. The van der Waals surface area contributed by atoms with Gasteiger partial charge in [0.1, 0.15) is 0 Å². The number of aryl methyl sites for hydroxylation is 1. The predicted octanol–water partition coefficient (Wildman–Crippen LogP) is 4.68. The number of azo groups is 1. The molecule has 2 atom stereocenters. The van der Waals surface area contributed by atoms with Crippen LogP contribution in [-0.2, 0) is 10.2 Å². The highest BCUT2D eigenvalue weighted by Gasteiger charge is 2.53. The molecule has 0 radical (unpaired) electrons. The molecule has 164 valence electrons. The summed E-state index contributed by atoms with van der Waals surface area (Å²) in [7, 11) is 0. The number of nitrogens with zero attached hydrogens (tertiary/aromatic N) is 3. The molecule has 3 aliphatic rings. The Balaban J connectivity index is 1.75. The van der Waals surface area contributed by atoms with Gasteiger partial charge in [-0.1, -0.05) is 25.1 Å². The van der Waals surface area contributed by atoms with Crippen molar-refractivity contribution in [3.05, 3.63) is 76.6 Å². The lowest BCUT2D eigenvalue weighted by molar-refractivity contribution is -0.120.